The maximum absolute atomic E-state index is 15.0. The first kappa shape index (κ1) is 26.3. The van der Waals surface area contributed by atoms with Crippen LogP contribution in [0.5, 0.6) is 0 Å². The van der Waals surface area contributed by atoms with Crippen LogP contribution in [0.1, 0.15) is 55.2 Å². The Bertz CT molecular complexity index is 1490. The number of hydrogen-bond acceptors (Lipinski definition) is 8. The van der Waals surface area contributed by atoms with Crippen LogP contribution >= 0.6 is 0 Å². The summed E-state index contributed by atoms with van der Waals surface area (Å²) in [5.74, 6) is -0.420. The first-order valence-corrected chi connectivity index (χ1v) is 12.8. The lowest BCUT2D eigenvalue weighted by atomic mass is 9.99. The molecule has 1 aromatic carbocycles. The van der Waals surface area contributed by atoms with Gasteiger partial charge in [0.1, 0.15) is 11.4 Å². The van der Waals surface area contributed by atoms with Gasteiger partial charge in [-0.15, -0.1) is 0 Å². The first-order valence-electron chi connectivity index (χ1n) is 12.8. The Hall–Kier alpha value is -4.30. The molecule has 39 heavy (non-hydrogen) atoms. The number of carbonyl (C=O) groups is 2. The van der Waals surface area contributed by atoms with Crippen LogP contribution in [-0.4, -0.2) is 62.1 Å². The van der Waals surface area contributed by atoms with E-state index in [2.05, 4.69) is 9.88 Å². The highest BCUT2D eigenvalue weighted by atomic mass is 19.1. The molecule has 0 saturated carbocycles. The summed E-state index contributed by atoms with van der Waals surface area (Å²) in [6, 6.07) is 9.49. The van der Waals surface area contributed by atoms with Crippen molar-refractivity contribution in [1.29, 1.82) is 5.26 Å². The number of amides is 2. The lowest BCUT2D eigenvalue weighted by Gasteiger charge is -2.31. The zero-order chi connectivity index (χ0) is 27.9. The molecule has 2 aliphatic rings. The molecule has 0 aliphatic carbocycles. The fourth-order valence-electron chi connectivity index (χ4n) is 4.98. The summed E-state index contributed by atoms with van der Waals surface area (Å²) < 4.78 is 21.9. The van der Waals surface area contributed by atoms with Crippen LogP contribution in [0, 0.1) is 23.1 Å². The van der Waals surface area contributed by atoms with Crippen LogP contribution in [0.15, 0.2) is 36.5 Å². The highest BCUT2D eigenvalue weighted by Crippen LogP contribution is 2.34. The number of aliphatic hydroxyl groups excluding tert-OH is 1. The van der Waals surface area contributed by atoms with Gasteiger partial charge in [-0.25, -0.2) is 23.8 Å². The molecular weight excluding hydrogens is 503 g/mol. The molecule has 202 valence electrons. The second-order valence-corrected chi connectivity index (χ2v) is 10.7. The summed E-state index contributed by atoms with van der Waals surface area (Å²) in [7, 11) is 0. The number of aromatic nitrogens is 3. The molecule has 4 heterocycles. The minimum absolute atomic E-state index is 0.00131. The molecule has 2 aromatic heterocycles. The number of anilines is 1. The second-order valence-electron chi connectivity index (χ2n) is 10.7. The smallest absolute Gasteiger partial charge is 0.417 e. The van der Waals surface area contributed by atoms with Crippen LogP contribution in [0.3, 0.4) is 0 Å². The molecular formula is C28H29FN6O4. The number of carbonyl (C=O) groups excluding carboxylic acids is 2. The molecule has 5 rings (SSSR count). The molecule has 3 aromatic rings. The van der Waals surface area contributed by atoms with E-state index in [0.717, 1.165) is 24.3 Å². The van der Waals surface area contributed by atoms with Crippen molar-refractivity contribution in [2.24, 2.45) is 5.92 Å². The van der Waals surface area contributed by atoms with Crippen molar-refractivity contribution < 1.29 is 23.8 Å². The predicted molar refractivity (Wildman–Crippen MR) is 140 cm³/mol. The van der Waals surface area contributed by atoms with Crippen LogP contribution in [0.25, 0.3) is 16.9 Å². The van der Waals surface area contributed by atoms with Gasteiger partial charge in [0.25, 0.3) is 5.91 Å². The Kier molecular flexibility index (Phi) is 6.82. The average molecular weight is 533 g/mol. The molecule has 10 nitrogen and oxygen atoms in total. The van der Waals surface area contributed by atoms with E-state index in [-0.39, 0.29) is 47.1 Å². The van der Waals surface area contributed by atoms with E-state index in [4.69, 9.17) is 9.84 Å². The van der Waals surface area contributed by atoms with Crippen molar-refractivity contribution in [3.05, 3.63) is 59.2 Å². The Morgan fingerprint density at radius 2 is 2.08 bits per heavy atom. The van der Waals surface area contributed by atoms with Gasteiger partial charge in [-0.1, -0.05) is 6.07 Å². The zero-order valence-corrected chi connectivity index (χ0v) is 22.0. The van der Waals surface area contributed by atoms with Gasteiger partial charge < -0.3 is 14.7 Å². The number of aliphatic hydroxyl groups is 1. The fraction of sp³-hybridized carbons (Fsp3) is 0.393. The number of imide groups is 1. The Balaban J connectivity index is 1.62. The van der Waals surface area contributed by atoms with Crippen molar-refractivity contribution in [2.75, 3.05) is 24.6 Å². The number of nitrogens with zero attached hydrogens (tertiary/aromatic N) is 6. The number of benzene rings is 1. The third-order valence-corrected chi connectivity index (χ3v) is 6.77. The third kappa shape index (κ3) is 5.07. The molecule has 2 amide bonds. The summed E-state index contributed by atoms with van der Waals surface area (Å²) in [5, 5.41) is 24.0. The number of pyridine rings is 1. The van der Waals surface area contributed by atoms with Crippen molar-refractivity contribution in [2.45, 2.75) is 45.8 Å². The van der Waals surface area contributed by atoms with Crippen LogP contribution in [0.4, 0.5) is 15.0 Å². The number of rotatable bonds is 4. The van der Waals surface area contributed by atoms with E-state index in [1.165, 1.54) is 28.9 Å². The first-order chi connectivity index (χ1) is 18.6. The topological polar surface area (TPSA) is 125 Å². The molecule has 0 spiro atoms. The van der Waals surface area contributed by atoms with Gasteiger partial charge in [-0.05, 0) is 57.7 Å². The number of ether oxygens (including phenoxy) is 1. The average Bonchev–Trinajstić information content (AvgIpc) is 3.52. The molecule has 1 saturated heterocycles. The number of hydrogen-bond donors (Lipinski definition) is 1. The fourth-order valence-corrected chi connectivity index (χ4v) is 4.98. The van der Waals surface area contributed by atoms with Gasteiger partial charge in [0, 0.05) is 32.0 Å². The van der Waals surface area contributed by atoms with Crippen LogP contribution < -0.4 is 4.90 Å². The molecule has 0 bridgehead atoms. The van der Waals surface area contributed by atoms with Gasteiger partial charge >= 0.3 is 6.09 Å². The number of nitriles is 1. The number of halogens is 1. The SMILES string of the molecule is CC(C)(C)OC(=O)N1Cc2nc(-c3c(F)cccc3C#N)cc(-n3ccc(N4CCCC(CO)C4)n3)c2C1=O. The molecule has 1 unspecified atom stereocenters. The lowest BCUT2D eigenvalue weighted by Crippen LogP contribution is -2.37. The molecule has 1 N–H and O–H groups in total. The highest BCUT2D eigenvalue weighted by molar-refractivity contribution is 6.08. The summed E-state index contributed by atoms with van der Waals surface area (Å²) in [5.41, 5.74) is 0.127. The van der Waals surface area contributed by atoms with Crippen molar-refractivity contribution in [1.82, 2.24) is 19.7 Å². The highest BCUT2D eigenvalue weighted by Gasteiger charge is 2.39. The Morgan fingerprint density at radius 1 is 1.28 bits per heavy atom. The van der Waals surface area contributed by atoms with E-state index in [1.54, 1.807) is 33.0 Å². The zero-order valence-electron chi connectivity index (χ0n) is 22.0. The Morgan fingerprint density at radius 3 is 2.79 bits per heavy atom. The predicted octanol–water partition coefficient (Wildman–Crippen LogP) is 4.04. The summed E-state index contributed by atoms with van der Waals surface area (Å²) in [6.45, 7) is 6.47. The minimum atomic E-state index is -0.819. The normalized spacial score (nSPS) is 17.2. The van der Waals surface area contributed by atoms with Gasteiger partial charge in [0.05, 0.1) is 46.4 Å². The molecule has 1 atom stereocenters. The standard InChI is InChI=1S/C28H29FN6O4/c1-28(2,3)39-27(38)34-15-21-25(26(34)37)22(12-20(31-21)24-18(13-30)7-4-8-19(24)29)35-11-9-23(32-35)33-10-5-6-17(14-33)16-36/h4,7-9,11-12,17,36H,5-6,10,14-16H2,1-3H3. The van der Waals surface area contributed by atoms with Gasteiger partial charge in [-0.3, -0.25) is 4.79 Å². The monoisotopic (exact) mass is 532 g/mol. The number of piperidine rings is 1. The maximum atomic E-state index is 15.0. The second kappa shape index (κ2) is 10.1. The van der Waals surface area contributed by atoms with Gasteiger partial charge in [0.15, 0.2) is 5.82 Å². The van der Waals surface area contributed by atoms with Gasteiger partial charge in [-0.2, -0.15) is 10.4 Å². The third-order valence-electron chi connectivity index (χ3n) is 6.77. The van der Waals surface area contributed by atoms with E-state index in [0.29, 0.717) is 18.1 Å². The minimum Gasteiger partial charge on any atom is -0.443 e. The Labute approximate surface area is 225 Å². The maximum Gasteiger partial charge on any atom is 0.417 e. The van der Waals surface area contributed by atoms with Crippen molar-refractivity contribution in [3.63, 3.8) is 0 Å². The lowest BCUT2D eigenvalue weighted by molar-refractivity contribution is 0.0247. The quantitative estimate of drug-likeness (QED) is 0.534. The summed E-state index contributed by atoms with van der Waals surface area (Å²) in [6.07, 6.45) is 2.73. The van der Waals surface area contributed by atoms with Gasteiger partial charge in [0.2, 0.25) is 0 Å². The molecule has 0 radical (unpaired) electrons. The van der Waals surface area contributed by atoms with Crippen molar-refractivity contribution in [3.8, 4) is 23.0 Å². The summed E-state index contributed by atoms with van der Waals surface area (Å²) >= 11 is 0. The van der Waals surface area contributed by atoms with E-state index in [9.17, 15) is 20.0 Å². The summed E-state index contributed by atoms with van der Waals surface area (Å²) in [4.78, 5) is 34.0. The van der Waals surface area contributed by atoms with Crippen molar-refractivity contribution >= 4 is 17.8 Å². The number of fused-ring (bicyclic) bond motifs is 1. The van der Waals surface area contributed by atoms with E-state index in [1.807, 2.05) is 6.07 Å². The largest absolute Gasteiger partial charge is 0.443 e. The molecule has 1 fully saturated rings. The van der Waals surface area contributed by atoms with E-state index >= 15 is 4.39 Å². The molecule has 11 heteroatoms. The van der Waals surface area contributed by atoms with Crippen LogP contribution in [-0.2, 0) is 11.3 Å². The molecule has 2 aliphatic heterocycles. The van der Waals surface area contributed by atoms with E-state index < -0.39 is 23.4 Å². The van der Waals surface area contributed by atoms with Crippen LogP contribution in [0.2, 0.25) is 0 Å².